The number of halogens is 2. The van der Waals surface area contributed by atoms with Crippen molar-refractivity contribution in [2.75, 3.05) is 5.32 Å². The molecule has 0 radical (unpaired) electrons. The Balaban J connectivity index is 1.47. The molecule has 7 heteroatoms. The second-order valence-corrected chi connectivity index (χ2v) is 6.13. The Labute approximate surface area is 154 Å². The van der Waals surface area contributed by atoms with Gasteiger partial charge in [0.1, 0.15) is 11.6 Å². The number of aromatic amines is 1. The van der Waals surface area contributed by atoms with Crippen LogP contribution in [0.5, 0.6) is 0 Å². The number of H-pyrrole nitrogens is 1. The van der Waals surface area contributed by atoms with E-state index in [1.165, 1.54) is 18.2 Å². The zero-order valence-corrected chi connectivity index (χ0v) is 14.4. The molecule has 4 rings (SSSR count). The lowest BCUT2D eigenvalue weighted by molar-refractivity contribution is 0.588. The van der Waals surface area contributed by atoms with Crippen LogP contribution in [-0.2, 0) is 13.1 Å². The lowest BCUT2D eigenvalue weighted by Crippen LogP contribution is -2.01. The highest BCUT2D eigenvalue weighted by Crippen LogP contribution is 2.27. The van der Waals surface area contributed by atoms with E-state index in [0.29, 0.717) is 24.3 Å². The molecule has 5 nitrogen and oxygen atoms in total. The molecule has 0 fully saturated rings. The number of aromatic nitrogens is 4. The molecule has 0 spiro atoms. The molecule has 0 aliphatic heterocycles. The van der Waals surface area contributed by atoms with Gasteiger partial charge >= 0.3 is 0 Å². The van der Waals surface area contributed by atoms with Crippen molar-refractivity contribution in [1.29, 1.82) is 0 Å². The lowest BCUT2D eigenvalue weighted by atomic mass is 10.1. The average Bonchev–Trinajstić information content (AvgIpc) is 3.30. The predicted octanol–water partition coefficient (Wildman–Crippen LogP) is 4.21. The van der Waals surface area contributed by atoms with Crippen molar-refractivity contribution in [3.05, 3.63) is 89.9 Å². The molecule has 0 atom stereocenters. The van der Waals surface area contributed by atoms with Crippen molar-refractivity contribution in [1.82, 2.24) is 20.0 Å². The third-order valence-electron chi connectivity index (χ3n) is 4.23. The first kappa shape index (κ1) is 17.0. The molecule has 136 valence electrons. The summed E-state index contributed by atoms with van der Waals surface area (Å²) < 4.78 is 29.9. The van der Waals surface area contributed by atoms with Crippen LogP contribution in [0.25, 0.3) is 11.3 Å². The largest absolute Gasteiger partial charge is 0.378 e. The van der Waals surface area contributed by atoms with E-state index in [2.05, 4.69) is 20.6 Å². The molecule has 27 heavy (non-hydrogen) atoms. The highest BCUT2D eigenvalue weighted by Gasteiger charge is 2.16. The van der Waals surface area contributed by atoms with E-state index >= 15 is 0 Å². The standard InChI is InChI=1S/C20H17F2N5/c21-17-7-4-8-18(22)19(17)20-15(10-24-26-20)9-23-16-11-25-27(13-16)12-14-5-2-1-3-6-14/h1-8,10-11,13,23H,9,12H2,(H,24,26). The van der Waals surface area contributed by atoms with Crippen LogP contribution in [0.3, 0.4) is 0 Å². The van der Waals surface area contributed by atoms with Crippen molar-refractivity contribution < 1.29 is 8.78 Å². The van der Waals surface area contributed by atoms with Gasteiger partial charge in [-0.15, -0.1) is 0 Å². The van der Waals surface area contributed by atoms with Gasteiger partial charge in [-0.05, 0) is 17.7 Å². The third kappa shape index (κ3) is 3.72. The van der Waals surface area contributed by atoms with Gasteiger partial charge in [0, 0.05) is 18.3 Å². The van der Waals surface area contributed by atoms with E-state index < -0.39 is 11.6 Å². The smallest absolute Gasteiger partial charge is 0.135 e. The van der Waals surface area contributed by atoms with E-state index in [0.717, 1.165) is 11.3 Å². The number of nitrogens with zero attached hydrogens (tertiary/aromatic N) is 3. The zero-order valence-electron chi connectivity index (χ0n) is 14.4. The number of hydrogen-bond donors (Lipinski definition) is 2. The summed E-state index contributed by atoms with van der Waals surface area (Å²) in [5.74, 6) is -1.26. The molecular formula is C20H17F2N5. The minimum Gasteiger partial charge on any atom is -0.378 e. The highest BCUT2D eigenvalue weighted by atomic mass is 19.1. The van der Waals surface area contributed by atoms with Crippen molar-refractivity contribution in [3.8, 4) is 11.3 Å². The Bertz CT molecular complexity index is 1020. The maximum Gasteiger partial charge on any atom is 0.135 e. The molecule has 0 saturated heterocycles. The normalized spacial score (nSPS) is 10.9. The van der Waals surface area contributed by atoms with Gasteiger partial charge in [0.25, 0.3) is 0 Å². The van der Waals surface area contributed by atoms with Crippen LogP contribution >= 0.6 is 0 Å². The van der Waals surface area contributed by atoms with Crippen molar-refractivity contribution in [2.24, 2.45) is 0 Å². The van der Waals surface area contributed by atoms with Crippen molar-refractivity contribution in [3.63, 3.8) is 0 Å². The van der Waals surface area contributed by atoms with Crippen LogP contribution in [0.1, 0.15) is 11.1 Å². The average molecular weight is 365 g/mol. The van der Waals surface area contributed by atoms with Crippen LogP contribution in [0.4, 0.5) is 14.5 Å². The summed E-state index contributed by atoms with van der Waals surface area (Å²) in [5, 5.41) is 14.2. The van der Waals surface area contributed by atoms with Crippen molar-refractivity contribution in [2.45, 2.75) is 13.1 Å². The van der Waals surface area contributed by atoms with Crippen LogP contribution in [0.2, 0.25) is 0 Å². The summed E-state index contributed by atoms with van der Waals surface area (Å²) in [7, 11) is 0. The van der Waals surface area contributed by atoms with E-state index in [9.17, 15) is 8.78 Å². The quantitative estimate of drug-likeness (QED) is 0.538. The summed E-state index contributed by atoms with van der Waals surface area (Å²) in [6.45, 7) is 1.02. The fraction of sp³-hybridized carbons (Fsp3) is 0.100. The molecule has 4 aromatic rings. The number of hydrogen-bond acceptors (Lipinski definition) is 3. The van der Waals surface area contributed by atoms with Gasteiger partial charge in [0.2, 0.25) is 0 Å². The summed E-state index contributed by atoms with van der Waals surface area (Å²) in [5.41, 5.74) is 2.85. The minimum absolute atomic E-state index is 0.105. The Hall–Kier alpha value is -3.48. The monoisotopic (exact) mass is 365 g/mol. The summed E-state index contributed by atoms with van der Waals surface area (Å²) >= 11 is 0. The van der Waals surface area contributed by atoms with Gasteiger partial charge in [-0.2, -0.15) is 10.2 Å². The molecule has 0 bridgehead atoms. The van der Waals surface area contributed by atoms with Crippen LogP contribution in [-0.4, -0.2) is 20.0 Å². The molecule has 0 aliphatic rings. The molecular weight excluding hydrogens is 348 g/mol. The Morgan fingerprint density at radius 3 is 2.52 bits per heavy atom. The molecule has 2 aromatic heterocycles. The maximum absolute atomic E-state index is 14.0. The first-order valence-corrected chi connectivity index (χ1v) is 8.47. The van der Waals surface area contributed by atoms with E-state index in [1.54, 1.807) is 12.4 Å². The molecule has 0 saturated carbocycles. The molecule has 0 amide bonds. The van der Waals surface area contributed by atoms with Gasteiger partial charge in [-0.25, -0.2) is 8.78 Å². The Morgan fingerprint density at radius 2 is 1.74 bits per heavy atom. The minimum atomic E-state index is -0.629. The summed E-state index contributed by atoms with van der Waals surface area (Å²) in [6, 6.07) is 13.8. The first-order valence-electron chi connectivity index (χ1n) is 8.47. The topological polar surface area (TPSA) is 58.5 Å². The molecule has 2 N–H and O–H groups in total. The van der Waals surface area contributed by atoms with E-state index in [1.807, 2.05) is 41.2 Å². The molecule has 2 aromatic carbocycles. The van der Waals surface area contributed by atoms with Gasteiger partial charge < -0.3 is 5.32 Å². The van der Waals surface area contributed by atoms with Crippen LogP contribution in [0, 0.1) is 11.6 Å². The summed E-state index contributed by atoms with van der Waals surface area (Å²) in [4.78, 5) is 0. The van der Waals surface area contributed by atoms with Gasteiger partial charge in [-0.1, -0.05) is 36.4 Å². The van der Waals surface area contributed by atoms with Crippen LogP contribution < -0.4 is 5.32 Å². The lowest BCUT2D eigenvalue weighted by Gasteiger charge is -2.07. The van der Waals surface area contributed by atoms with Gasteiger partial charge in [0.05, 0.1) is 35.9 Å². The fourth-order valence-corrected chi connectivity index (χ4v) is 2.91. The molecule has 0 unspecified atom stereocenters. The zero-order chi connectivity index (χ0) is 18.6. The van der Waals surface area contributed by atoms with Crippen molar-refractivity contribution >= 4 is 5.69 Å². The maximum atomic E-state index is 14.0. The SMILES string of the molecule is Fc1cccc(F)c1-c1[nH]ncc1CNc1cnn(Cc2ccccc2)c1. The molecule has 0 aliphatic carbocycles. The van der Waals surface area contributed by atoms with E-state index in [4.69, 9.17) is 0 Å². The van der Waals surface area contributed by atoms with Gasteiger partial charge in [-0.3, -0.25) is 9.78 Å². The number of nitrogens with one attached hydrogen (secondary N) is 2. The van der Waals surface area contributed by atoms with Crippen LogP contribution in [0.15, 0.2) is 67.1 Å². The third-order valence-corrected chi connectivity index (χ3v) is 4.23. The fourth-order valence-electron chi connectivity index (χ4n) is 2.91. The number of anilines is 1. The molecule has 2 heterocycles. The first-order chi connectivity index (χ1) is 13.2. The number of benzene rings is 2. The van der Waals surface area contributed by atoms with Gasteiger partial charge in [0.15, 0.2) is 0 Å². The Morgan fingerprint density at radius 1 is 0.963 bits per heavy atom. The van der Waals surface area contributed by atoms with E-state index in [-0.39, 0.29) is 5.56 Å². The second kappa shape index (κ2) is 7.41. The second-order valence-electron chi connectivity index (χ2n) is 6.13. The Kier molecular flexibility index (Phi) is 4.65. The number of rotatable bonds is 6. The summed E-state index contributed by atoms with van der Waals surface area (Å²) in [6.07, 6.45) is 5.16. The predicted molar refractivity (Wildman–Crippen MR) is 99.0 cm³/mol. The highest BCUT2D eigenvalue weighted by molar-refractivity contribution is 5.64.